The number of carbonyl (C=O) groups excluding carboxylic acids is 1. The van der Waals surface area contributed by atoms with Gasteiger partial charge in [-0.2, -0.15) is 0 Å². The van der Waals surface area contributed by atoms with Gasteiger partial charge in [0.2, 0.25) is 10.0 Å². The Morgan fingerprint density at radius 2 is 1.84 bits per heavy atom. The lowest BCUT2D eigenvalue weighted by molar-refractivity contribution is -0.123. The van der Waals surface area contributed by atoms with Gasteiger partial charge in [0.1, 0.15) is 0 Å². The minimum Gasteiger partial charge on any atom is -0.304 e. The van der Waals surface area contributed by atoms with Gasteiger partial charge < -0.3 is 5.32 Å². The lowest BCUT2D eigenvalue weighted by atomic mass is 10.1. The first kappa shape index (κ1) is 19.7. The second-order valence-corrected chi connectivity index (χ2v) is 8.41. The molecule has 0 unspecified atom stereocenters. The molecule has 0 aliphatic heterocycles. The average molecular weight is 369 g/mol. The number of hydrogen-bond acceptors (Lipinski definition) is 5. The first-order valence-electron chi connectivity index (χ1n) is 8.76. The normalized spacial score (nSPS) is 15.8. The molecular weight excluding hydrogens is 340 g/mol. The maximum absolute atomic E-state index is 12.3. The van der Waals surface area contributed by atoms with Crippen molar-refractivity contribution in [2.24, 2.45) is 0 Å². The Morgan fingerprint density at radius 3 is 2.36 bits per heavy atom. The van der Waals surface area contributed by atoms with E-state index in [2.05, 4.69) is 20.9 Å². The van der Waals surface area contributed by atoms with Crippen LogP contribution in [-0.4, -0.2) is 32.5 Å². The molecule has 1 atom stereocenters. The van der Waals surface area contributed by atoms with E-state index in [1.807, 2.05) is 20.8 Å². The Kier molecular flexibility index (Phi) is 6.80. The number of hydrazine groups is 1. The molecule has 1 aliphatic carbocycles. The molecule has 0 bridgehead atoms. The van der Waals surface area contributed by atoms with E-state index in [4.69, 9.17) is 0 Å². The van der Waals surface area contributed by atoms with Crippen LogP contribution in [0.5, 0.6) is 0 Å². The van der Waals surface area contributed by atoms with Crippen LogP contribution in [0.1, 0.15) is 46.5 Å². The van der Waals surface area contributed by atoms with Gasteiger partial charge in [-0.15, -0.1) is 0 Å². The predicted octanol–water partition coefficient (Wildman–Crippen LogP) is 1.74. The fourth-order valence-electron chi connectivity index (χ4n) is 2.41. The second kappa shape index (κ2) is 8.64. The van der Waals surface area contributed by atoms with E-state index in [9.17, 15) is 13.2 Å². The van der Waals surface area contributed by atoms with Crippen LogP contribution >= 0.6 is 0 Å². The fourth-order valence-corrected chi connectivity index (χ4v) is 3.71. The third-order valence-corrected chi connectivity index (χ3v) is 5.36. The van der Waals surface area contributed by atoms with Crippen molar-refractivity contribution in [2.75, 3.05) is 5.43 Å². The number of anilines is 1. The maximum Gasteiger partial charge on any atom is 0.255 e. The molecule has 1 amide bonds. The molecule has 7 nitrogen and oxygen atoms in total. The summed E-state index contributed by atoms with van der Waals surface area (Å²) in [6, 6.07) is 6.33. The summed E-state index contributed by atoms with van der Waals surface area (Å²) in [5.74, 6) is -0.136. The number of hydrogen-bond donors (Lipinski definition) is 4. The summed E-state index contributed by atoms with van der Waals surface area (Å²) in [6.07, 6.45) is 3.44. The third kappa shape index (κ3) is 6.30. The van der Waals surface area contributed by atoms with Crippen molar-refractivity contribution < 1.29 is 13.2 Å². The van der Waals surface area contributed by atoms with Crippen molar-refractivity contribution in [3.63, 3.8) is 0 Å². The van der Waals surface area contributed by atoms with E-state index in [-0.39, 0.29) is 28.9 Å². The minimum atomic E-state index is -3.45. The highest BCUT2D eigenvalue weighted by Crippen LogP contribution is 2.22. The lowest BCUT2D eigenvalue weighted by Crippen LogP contribution is -2.48. The summed E-state index contributed by atoms with van der Waals surface area (Å²) in [7, 11) is -3.45. The molecule has 4 N–H and O–H groups in total. The van der Waals surface area contributed by atoms with Crippen molar-refractivity contribution in [2.45, 2.75) is 69.5 Å². The standard InChI is InChI=1S/C17H28N4O3S/c1-4-5-16(18-12(2)3)17(22)20-19-13-8-10-15(11-9-13)25(23,24)21-14-6-7-14/h8-12,14,16,18-19,21H,4-7H2,1-3H3,(H,20,22)/t16-/m0/s1. The van der Waals surface area contributed by atoms with Crippen LogP contribution in [0.4, 0.5) is 5.69 Å². The van der Waals surface area contributed by atoms with Gasteiger partial charge in [0.15, 0.2) is 0 Å². The van der Waals surface area contributed by atoms with Gasteiger partial charge in [0, 0.05) is 12.1 Å². The highest BCUT2D eigenvalue weighted by atomic mass is 32.2. The maximum atomic E-state index is 12.3. The molecule has 1 aromatic carbocycles. The molecule has 0 radical (unpaired) electrons. The van der Waals surface area contributed by atoms with E-state index >= 15 is 0 Å². The largest absolute Gasteiger partial charge is 0.304 e. The molecule has 1 fully saturated rings. The van der Waals surface area contributed by atoms with E-state index in [1.54, 1.807) is 12.1 Å². The molecule has 1 aromatic rings. The van der Waals surface area contributed by atoms with Gasteiger partial charge in [-0.05, 0) is 43.5 Å². The highest BCUT2D eigenvalue weighted by Gasteiger charge is 2.27. The number of nitrogens with one attached hydrogen (secondary N) is 4. The van der Waals surface area contributed by atoms with Crippen LogP contribution in [0.15, 0.2) is 29.2 Å². The molecule has 1 saturated carbocycles. The zero-order chi connectivity index (χ0) is 18.4. The molecule has 2 rings (SSSR count). The van der Waals surface area contributed by atoms with Crippen molar-refractivity contribution in [3.05, 3.63) is 24.3 Å². The summed E-state index contributed by atoms with van der Waals surface area (Å²) in [4.78, 5) is 12.5. The summed E-state index contributed by atoms with van der Waals surface area (Å²) < 4.78 is 26.9. The first-order valence-corrected chi connectivity index (χ1v) is 10.2. The van der Waals surface area contributed by atoms with Crippen molar-refractivity contribution in [1.29, 1.82) is 0 Å². The Morgan fingerprint density at radius 1 is 1.20 bits per heavy atom. The Labute approximate surface area is 150 Å². The summed E-state index contributed by atoms with van der Waals surface area (Å²) >= 11 is 0. The van der Waals surface area contributed by atoms with E-state index in [0.29, 0.717) is 5.69 Å². The molecule has 0 spiro atoms. The Balaban J connectivity index is 1.90. The number of rotatable bonds is 10. The Bertz CT molecular complexity index is 670. The predicted molar refractivity (Wildman–Crippen MR) is 98.5 cm³/mol. The molecule has 25 heavy (non-hydrogen) atoms. The van der Waals surface area contributed by atoms with Crippen LogP contribution in [0.3, 0.4) is 0 Å². The smallest absolute Gasteiger partial charge is 0.255 e. The van der Waals surface area contributed by atoms with Gasteiger partial charge in [-0.3, -0.25) is 15.6 Å². The van der Waals surface area contributed by atoms with Crippen LogP contribution in [0.25, 0.3) is 0 Å². The topological polar surface area (TPSA) is 99.3 Å². The Hall–Kier alpha value is -1.64. The molecule has 0 aromatic heterocycles. The molecule has 8 heteroatoms. The van der Waals surface area contributed by atoms with E-state index < -0.39 is 10.0 Å². The quantitative estimate of drug-likeness (QED) is 0.472. The van der Waals surface area contributed by atoms with Crippen LogP contribution < -0.4 is 20.9 Å². The molecule has 0 heterocycles. The van der Waals surface area contributed by atoms with Crippen molar-refractivity contribution in [3.8, 4) is 0 Å². The zero-order valence-corrected chi connectivity index (χ0v) is 15.8. The third-order valence-electron chi connectivity index (χ3n) is 3.82. The summed E-state index contributed by atoms with van der Waals surface area (Å²) in [6.45, 7) is 6.03. The van der Waals surface area contributed by atoms with Gasteiger partial charge in [0.05, 0.1) is 16.6 Å². The van der Waals surface area contributed by atoms with Gasteiger partial charge in [0.25, 0.3) is 5.91 Å². The van der Waals surface area contributed by atoms with Crippen LogP contribution in [-0.2, 0) is 14.8 Å². The number of sulfonamides is 1. The molecular formula is C17H28N4O3S. The van der Waals surface area contributed by atoms with Crippen molar-refractivity contribution in [1.82, 2.24) is 15.5 Å². The SMILES string of the molecule is CCC[C@H](NC(C)C)C(=O)NNc1ccc(S(=O)(=O)NC2CC2)cc1. The first-order chi connectivity index (χ1) is 11.8. The second-order valence-electron chi connectivity index (χ2n) is 6.70. The summed E-state index contributed by atoms with van der Waals surface area (Å²) in [5.41, 5.74) is 6.13. The molecule has 0 saturated heterocycles. The minimum absolute atomic E-state index is 0.0750. The van der Waals surface area contributed by atoms with Crippen LogP contribution in [0, 0.1) is 0 Å². The number of benzene rings is 1. The summed E-state index contributed by atoms with van der Waals surface area (Å²) in [5, 5.41) is 3.23. The van der Waals surface area contributed by atoms with Gasteiger partial charge in [-0.1, -0.05) is 27.2 Å². The highest BCUT2D eigenvalue weighted by molar-refractivity contribution is 7.89. The molecule has 140 valence electrons. The lowest BCUT2D eigenvalue weighted by Gasteiger charge is -2.20. The van der Waals surface area contributed by atoms with Gasteiger partial charge in [-0.25, -0.2) is 13.1 Å². The number of carbonyl (C=O) groups is 1. The van der Waals surface area contributed by atoms with E-state index in [0.717, 1.165) is 25.7 Å². The molecule has 1 aliphatic rings. The zero-order valence-electron chi connectivity index (χ0n) is 15.0. The fraction of sp³-hybridized carbons (Fsp3) is 0.588. The van der Waals surface area contributed by atoms with Crippen molar-refractivity contribution >= 4 is 21.6 Å². The van der Waals surface area contributed by atoms with Crippen LogP contribution in [0.2, 0.25) is 0 Å². The number of amides is 1. The monoisotopic (exact) mass is 368 g/mol. The van der Waals surface area contributed by atoms with E-state index in [1.165, 1.54) is 12.1 Å². The average Bonchev–Trinajstić information content (AvgIpc) is 3.35. The van der Waals surface area contributed by atoms with Gasteiger partial charge >= 0.3 is 0 Å².